The van der Waals surface area contributed by atoms with Crippen molar-refractivity contribution in [2.45, 2.75) is 32.7 Å². The van der Waals surface area contributed by atoms with Crippen molar-refractivity contribution in [3.05, 3.63) is 58.6 Å². The van der Waals surface area contributed by atoms with Crippen LogP contribution in [0.15, 0.2) is 42.5 Å². The van der Waals surface area contributed by atoms with Crippen LogP contribution in [0.1, 0.15) is 53.7 Å². The number of Topliss-reactive ketones (excluding diaryl/α,β-unsaturated/α-hetero) is 1. The molecule has 1 N–H and O–H groups in total. The molecule has 4 rings (SSSR count). The Kier molecular flexibility index (Phi) is 4.77. The van der Waals surface area contributed by atoms with Crippen LogP contribution in [0.2, 0.25) is 0 Å². The van der Waals surface area contributed by atoms with E-state index < -0.39 is 11.7 Å². The zero-order valence-electron chi connectivity index (χ0n) is 16.5. The van der Waals surface area contributed by atoms with Crippen molar-refractivity contribution in [1.29, 1.82) is 0 Å². The van der Waals surface area contributed by atoms with Crippen molar-refractivity contribution in [3.8, 4) is 0 Å². The molecule has 5 nitrogen and oxygen atoms in total. The topological polar surface area (TPSA) is 54.7 Å². The fraction of sp³-hybridized carbons (Fsp3) is 0.318. The molecule has 1 unspecified atom stereocenters. The van der Waals surface area contributed by atoms with Gasteiger partial charge in [-0.05, 0) is 42.7 Å². The fourth-order valence-electron chi connectivity index (χ4n) is 3.51. The van der Waals surface area contributed by atoms with Gasteiger partial charge < -0.3 is 4.90 Å². The quantitative estimate of drug-likeness (QED) is 0.676. The van der Waals surface area contributed by atoms with Crippen molar-refractivity contribution in [2.24, 2.45) is 0 Å². The van der Waals surface area contributed by atoms with Crippen LogP contribution in [0.5, 0.6) is 0 Å². The molecular weight excluding hydrogens is 370 g/mol. The first kappa shape index (κ1) is 18.8. The van der Waals surface area contributed by atoms with Crippen LogP contribution in [-0.2, 0) is 4.79 Å². The predicted molar refractivity (Wildman–Crippen MR) is 112 cm³/mol. The summed E-state index contributed by atoms with van der Waals surface area (Å²) in [6.45, 7) is 6.70. The minimum atomic E-state index is -0.438. The number of quaternary nitrogens is 1. The van der Waals surface area contributed by atoms with Gasteiger partial charge in [-0.25, -0.2) is 4.98 Å². The Bertz CT molecular complexity index is 1040. The number of ketones is 1. The van der Waals surface area contributed by atoms with Crippen LogP contribution in [0.25, 0.3) is 10.2 Å². The molecule has 144 valence electrons. The molecule has 1 aromatic heterocycles. The van der Waals surface area contributed by atoms with Gasteiger partial charge in [-0.3, -0.25) is 14.5 Å². The highest BCUT2D eigenvalue weighted by Crippen LogP contribution is 2.31. The van der Waals surface area contributed by atoms with Gasteiger partial charge >= 0.3 is 5.91 Å². The van der Waals surface area contributed by atoms with E-state index in [2.05, 4.69) is 26.8 Å². The van der Waals surface area contributed by atoms with Gasteiger partial charge in [0.15, 0.2) is 11.7 Å². The Balaban J connectivity index is 1.58. The first-order valence-corrected chi connectivity index (χ1v) is 10.4. The minimum Gasteiger partial charge on any atom is -0.312 e. The van der Waals surface area contributed by atoms with Crippen LogP contribution in [0.3, 0.4) is 0 Å². The molecule has 1 amide bonds. The van der Waals surface area contributed by atoms with Crippen LogP contribution in [0.4, 0.5) is 5.69 Å². The highest BCUT2D eigenvalue weighted by atomic mass is 32.1. The normalized spacial score (nSPS) is 16.1. The molecule has 28 heavy (non-hydrogen) atoms. The second-order valence-electron chi connectivity index (χ2n) is 7.74. The number of thiazole rings is 1. The molecule has 1 aliphatic heterocycles. The van der Waals surface area contributed by atoms with Gasteiger partial charge in [0, 0.05) is 0 Å². The lowest BCUT2D eigenvalue weighted by molar-refractivity contribution is -0.908. The van der Waals surface area contributed by atoms with Crippen LogP contribution in [0, 0.1) is 0 Å². The van der Waals surface area contributed by atoms with Gasteiger partial charge in [0.1, 0.15) is 6.04 Å². The summed E-state index contributed by atoms with van der Waals surface area (Å²) in [7, 11) is 2.04. The number of aromatic nitrogens is 1. The summed E-state index contributed by atoms with van der Waals surface area (Å²) in [4.78, 5) is 32.6. The zero-order valence-corrected chi connectivity index (χ0v) is 17.3. The summed E-state index contributed by atoms with van der Waals surface area (Å²) in [5.74, 6) is -0.528. The summed E-state index contributed by atoms with van der Waals surface area (Å²) < 4.78 is 1.16. The summed E-state index contributed by atoms with van der Waals surface area (Å²) in [5.41, 5.74) is 3.32. The van der Waals surface area contributed by atoms with E-state index in [1.165, 1.54) is 0 Å². The number of carbonyl (C=O) groups excluding carboxylic acids is 2. The van der Waals surface area contributed by atoms with Crippen LogP contribution < -0.4 is 9.80 Å². The molecule has 0 spiro atoms. The number of hydrogen-bond acceptors (Lipinski definition) is 4. The number of carbonyl (C=O) groups is 2. The van der Waals surface area contributed by atoms with Gasteiger partial charge in [0.25, 0.3) is 5.78 Å². The van der Waals surface area contributed by atoms with Crippen LogP contribution >= 0.6 is 11.3 Å². The van der Waals surface area contributed by atoms with Gasteiger partial charge in [-0.15, -0.1) is 11.3 Å². The van der Waals surface area contributed by atoms with Gasteiger partial charge in [-0.2, -0.15) is 0 Å². The molecule has 1 aliphatic rings. The Labute approximate surface area is 168 Å². The summed E-state index contributed by atoms with van der Waals surface area (Å²) in [6, 6.07) is 14.0. The van der Waals surface area contributed by atoms with Gasteiger partial charge in [0.2, 0.25) is 0 Å². The molecule has 0 radical (unpaired) electrons. The smallest absolute Gasteiger partial charge is 0.303 e. The molecule has 0 bridgehead atoms. The summed E-state index contributed by atoms with van der Waals surface area (Å²) >= 11 is 1.68. The Hall–Kier alpha value is -2.57. The maximum absolute atomic E-state index is 12.6. The number of nitrogens with zero attached hydrogens (tertiary/aromatic N) is 2. The number of fused-ring (bicyclic) bond motifs is 2. The van der Waals surface area contributed by atoms with E-state index >= 15 is 0 Å². The van der Waals surface area contributed by atoms with Crippen molar-refractivity contribution in [3.63, 3.8) is 0 Å². The first-order valence-electron chi connectivity index (χ1n) is 9.54. The number of benzene rings is 2. The van der Waals surface area contributed by atoms with Crippen LogP contribution in [-0.4, -0.2) is 30.4 Å². The van der Waals surface area contributed by atoms with Crippen molar-refractivity contribution < 1.29 is 14.5 Å². The van der Waals surface area contributed by atoms with Gasteiger partial charge in [-0.1, -0.05) is 32.0 Å². The third-order valence-corrected chi connectivity index (χ3v) is 6.71. The number of hydrogen-bond donors (Lipinski definition) is 1. The number of para-hydroxylation sites is 1. The van der Waals surface area contributed by atoms with E-state index in [1.807, 2.05) is 43.4 Å². The lowest BCUT2D eigenvalue weighted by atomic mass is 9.99. The largest absolute Gasteiger partial charge is 0.312 e. The number of nitrogens with one attached hydrogen (secondary N) is 1. The molecule has 0 saturated heterocycles. The fourth-order valence-corrected chi connectivity index (χ4v) is 4.62. The highest BCUT2D eigenvalue weighted by Gasteiger charge is 2.38. The third kappa shape index (κ3) is 3.12. The zero-order chi connectivity index (χ0) is 20.0. The highest BCUT2D eigenvalue weighted by molar-refractivity contribution is 7.18. The van der Waals surface area contributed by atoms with Gasteiger partial charge in [0.05, 0.1) is 28.5 Å². The van der Waals surface area contributed by atoms with E-state index in [1.54, 1.807) is 16.2 Å². The molecular formula is C22H24N3O2S+. The third-order valence-electron chi connectivity index (χ3n) is 5.49. The number of amides is 1. The molecule has 0 fully saturated rings. The van der Waals surface area contributed by atoms with E-state index in [-0.39, 0.29) is 6.04 Å². The summed E-state index contributed by atoms with van der Waals surface area (Å²) in [6.07, 6.45) is 0. The second-order valence-corrected chi connectivity index (χ2v) is 8.80. The predicted octanol–water partition coefficient (Wildman–Crippen LogP) is 3.18. The lowest BCUT2D eigenvalue weighted by Crippen LogP contribution is -3.10. The standard InChI is InChI=1S/C22H23N3O2S/c1-13(2)15-9-10-18-16(11-15)20(26)22(27)25(18)12-24(4)14(3)21-23-17-7-5-6-8-19(17)28-21/h5-11,13-14H,12H2,1-4H3/p+1/t14-/m1/s1. The summed E-state index contributed by atoms with van der Waals surface area (Å²) in [5, 5.41) is 1.03. The van der Waals surface area contributed by atoms with E-state index in [0.29, 0.717) is 18.2 Å². The Morgan fingerprint density at radius 1 is 1.11 bits per heavy atom. The average Bonchev–Trinajstić information content (AvgIpc) is 3.22. The van der Waals surface area contributed by atoms with E-state index in [0.717, 1.165) is 31.4 Å². The molecule has 6 heteroatoms. The SMILES string of the molecule is CC(C)c1ccc2c(c1)C(=O)C(=O)N2C[NH+](C)[C@H](C)c1nc2ccccc2s1. The van der Waals surface area contributed by atoms with E-state index in [4.69, 9.17) is 4.98 Å². The number of anilines is 1. The molecule has 0 aliphatic carbocycles. The average molecular weight is 395 g/mol. The lowest BCUT2D eigenvalue weighted by Gasteiger charge is -2.25. The molecule has 2 aromatic carbocycles. The second kappa shape index (κ2) is 7.11. The molecule has 2 atom stereocenters. The maximum Gasteiger partial charge on any atom is 0.303 e. The number of rotatable bonds is 5. The Morgan fingerprint density at radius 3 is 2.57 bits per heavy atom. The first-order chi connectivity index (χ1) is 13.4. The van der Waals surface area contributed by atoms with Crippen molar-refractivity contribution in [1.82, 2.24) is 4.98 Å². The molecule has 3 aromatic rings. The minimum absolute atomic E-state index is 0.110. The Morgan fingerprint density at radius 2 is 1.86 bits per heavy atom. The van der Waals surface area contributed by atoms with E-state index in [9.17, 15) is 9.59 Å². The van der Waals surface area contributed by atoms with Crippen molar-refractivity contribution in [2.75, 3.05) is 18.6 Å². The van der Waals surface area contributed by atoms with Crippen molar-refractivity contribution >= 4 is 38.9 Å². The molecule has 0 saturated carbocycles. The molecule has 2 heterocycles. The maximum atomic E-state index is 12.6. The monoisotopic (exact) mass is 394 g/mol.